The highest BCUT2D eigenvalue weighted by molar-refractivity contribution is 8.13. The van der Waals surface area contributed by atoms with Gasteiger partial charge in [-0.25, -0.2) is 4.57 Å². The lowest BCUT2D eigenvalue weighted by molar-refractivity contribution is -0.137. The van der Waals surface area contributed by atoms with Crippen molar-refractivity contribution in [2.75, 3.05) is 25.4 Å². The lowest BCUT2D eigenvalue weighted by Crippen LogP contribution is -2.46. The van der Waals surface area contributed by atoms with Gasteiger partial charge in [0, 0.05) is 37.1 Å². The molecule has 0 spiro atoms. The molecule has 0 aromatic heterocycles. The number of hydrogen-bond donors (Lipinski definition) is 5. The van der Waals surface area contributed by atoms with Crippen molar-refractivity contribution < 1.29 is 38.4 Å². The highest BCUT2D eigenvalue weighted by atomic mass is 32.2. The Bertz CT molecular complexity index is 582. The van der Waals surface area contributed by atoms with Crippen molar-refractivity contribution in [2.24, 2.45) is 5.41 Å². The smallest absolute Gasteiger partial charge is 0.383 e. The molecule has 0 rings (SSSR count). The lowest BCUT2D eigenvalue weighted by atomic mass is 9.87. The van der Waals surface area contributed by atoms with Crippen LogP contribution in [0.4, 0.5) is 0 Å². The molecule has 2 amide bonds. The van der Waals surface area contributed by atoms with Gasteiger partial charge in [0.2, 0.25) is 11.8 Å². The van der Waals surface area contributed by atoms with Crippen molar-refractivity contribution in [1.29, 1.82) is 0 Å². The van der Waals surface area contributed by atoms with Crippen LogP contribution in [0.25, 0.3) is 0 Å². The third kappa shape index (κ3) is 14.6. The van der Waals surface area contributed by atoms with Gasteiger partial charge in [-0.3, -0.25) is 18.9 Å². The molecule has 0 aromatic carbocycles. The number of aliphatic hydroxyl groups excluding tert-OH is 1. The molecule has 0 radical (unpaired) electrons. The first-order valence-electron chi connectivity index (χ1n) is 9.47. The monoisotopic (exact) mass is 456 g/mol. The number of rotatable bonds is 15. The van der Waals surface area contributed by atoms with Crippen molar-refractivity contribution in [3.63, 3.8) is 0 Å². The Labute approximate surface area is 175 Å². The summed E-state index contributed by atoms with van der Waals surface area (Å²) in [5.41, 5.74) is -1.24. The van der Waals surface area contributed by atoms with Crippen LogP contribution in [0.5, 0.6) is 0 Å². The summed E-state index contributed by atoms with van der Waals surface area (Å²) in [5, 5.41) is 15.2. The second kappa shape index (κ2) is 14.1. The number of carbonyl (C=O) groups excluding carboxylic acids is 3. The molecular weight excluding hydrogens is 423 g/mol. The molecule has 1 unspecified atom stereocenters. The van der Waals surface area contributed by atoms with Gasteiger partial charge in [-0.1, -0.05) is 45.4 Å². The molecule has 0 fully saturated rings. The van der Waals surface area contributed by atoms with E-state index in [1.807, 2.05) is 0 Å². The zero-order valence-corrected chi connectivity index (χ0v) is 18.9. The third-order valence-electron chi connectivity index (χ3n) is 3.92. The van der Waals surface area contributed by atoms with Crippen molar-refractivity contribution in [3.8, 4) is 0 Å². The fraction of sp³-hybridized carbons (Fsp3) is 0.824. The van der Waals surface area contributed by atoms with Gasteiger partial charge in [0.1, 0.15) is 6.10 Å². The Morgan fingerprint density at radius 3 is 2.34 bits per heavy atom. The zero-order chi connectivity index (χ0) is 22.5. The van der Waals surface area contributed by atoms with E-state index in [1.165, 1.54) is 25.6 Å². The van der Waals surface area contributed by atoms with Crippen LogP contribution in [0.1, 0.15) is 52.9 Å². The van der Waals surface area contributed by atoms with Crippen molar-refractivity contribution in [1.82, 2.24) is 10.6 Å². The highest BCUT2D eigenvalue weighted by Crippen LogP contribution is 2.38. The Morgan fingerprint density at radius 2 is 1.76 bits per heavy atom. The van der Waals surface area contributed by atoms with Crippen LogP contribution in [0.2, 0.25) is 0 Å². The lowest BCUT2D eigenvalue weighted by Gasteiger charge is -2.29. The maximum absolute atomic E-state index is 12.0. The summed E-state index contributed by atoms with van der Waals surface area (Å²) in [5.74, 6) is -0.594. The van der Waals surface area contributed by atoms with Gasteiger partial charge >= 0.3 is 7.82 Å². The zero-order valence-electron chi connectivity index (χ0n) is 17.2. The summed E-state index contributed by atoms with van der Waals surface area (Å²) in [6.07, 6.45) is 1.91. The summed E-state index contributed by atoms with van der Waals surface area (Å²) in [6.45, 7) is 4.70. The van der Waals surface area contributed by atoms with E-state index in [9.17, 15) is 24.1 Å². The van der Waals surface area contributed by atoms with Gasteiger partial charge in [-0.15, -0.1) is 0 Å². The Hall–Kier alpha value is -0.970. The molecule has 0 aliphatic rings. The number of thioether (sulfide) groups is 1. The van der Waals surface area contributed by atoms with E-state index < -0.39 is 31.9 Å². The number of phosphoric ester groups is 1. The first-order valence-corrected chi connectivity index (χ1v) is 12.0. The minimum Gasteiger partial charge on any atom is -0.383 e. The van der Waals surface area contributed by atoms with Crippen LogP contribution in [0, 0.1) is 5.41 Å². The maximum Gasteiger partial charge on any atom is 0.469 e. The molecule has 0 aliphatic heterocycles. The molecule has 5 N–H and O–H groups in total. The largest absolute Gasteiger partial charge is 0.469 e. The van der Waals surface area contributed by atoms with Crippen molar-refractivity contribution >= 4 is 36.5 Å². The minimum absolute atomic E-state index is 0.00696. The average Bonchev–Trinajstić information content (AvgIpc) is 2.62. The van der Waals surface area contributed by atoms with Crippen LogP contribution in [-0.4, -0.2) is 63.4 Å². The van der Waals surface area contributed by atoms with E-state index in [4.69, 9.17) is 9.79 Å². The Balaban J connectivity index is 4.01. The fourth-order valence-electron chi connectivity index (χ4n) is 2.12. The number of phosphoric acid groups is 1. The van der Waals surface area contributed by atoms with E-state index in [1.54, 1.807) is 0 Å². The molecule has 0 aromatic rings. The first-order chi connectivity index (χ1) is 13.4. The molecule has 1 atom stereocenters. The van der Waals surface area contributed by atoms with Crippen molar-refractivity contribution in [2.45, 2.75) is 59.0 Å². The van der Waals surface area contributed by atoms with E-state index in [-0.39, 0.29) is 24.0 Å². The van der Waals surface area contributed by atoms with Gasteiger partial charge in [0.15, 0.2) is 5.12 Å². The number of carbonyl (C=O) groups is 3. The number of hydrogen-bond acceptors (Lipinski definition) is 7. The maximum atomic E-state index is 12.0. The molecular formula is C17H33N2O8PS. The standard InChI is InChI=1S/C17H33N2O8PS/c1-4-5-6-7-14(21)29-11-10-18-13(20)8-9-19-16(23)15(22)17(2,3)12-27-28(24,25)26/h15,22H,4-12H2,1-3H3,(H,18,20)(H,19,23)(H2,24,25,26). The second-order valence-corrected chi connectivity index (χ2v) is 9.62. The number of unbranched alkanes of at least 4 members (excludes halogenated alkanes) is 2. The summed E-state index contributed by atoms with van der Waals surface area (Å²) < 4.78 is 15.1. The first kappa shape index (κ1) is 28.0. The van der Waals surface area contributed by atoms with Crippen LogP contribution in [-0.2, 0) is 23.5 Å². The van der Waals surface area contributed by atoms with Gasteiger partial charge < -0.3 is 25.5 Å². The Kier molecular flexibility index (Phi) is 13.6. The summed E-state index contributed by atoms with van der Waals surface area (Å²) >= 11 is 1.19. The van der Waals surface area contributed by atoms with Crippen LogP contribution in [0.3, 0.4) is 0 Å². The van der Waals surface area contributed by atoms with Gasteiger partial charge in [0.05, 0.1) is 6.61 Å². The molecule has 0 aliphatic carbocycles. The normalized spacial score (nSPS) is 13.0. The van der Waals surface area contributed by atoms with Gasteiger partial charge in [-0.05, 0) is 6.42 Å². The summed E-state index contributed by atoms with van der Waals surface area (Å²) in [7, 11) is -4.71. The third-order valence-corrected chi connectivity index (χ3v) is 5.32. The SMILES string of the molecule is CCCCCC(=O)SCCNC(=O)CCNC(=O)C(O)C(C)(C)COP(=O)(O)O. The average molecular weight is 456 g/mol. The van der Waals surface area contributed by atoms with E-state index >= 15 is 0 Å². The predicted molar refractivity (Wildman–Crippen MR) is 110 cm³/mol. The molecule has 12 heteroatoms. The predicted octanol–water partition coefficient (Wildman–Crippen LogP) is 0.945. The Morgan fingerprint density at radius 1 is 1.10 bits per heavy atom. The number of aliphatic hydroxyl groups is 1. The van der Waals surface area contributed by atoms with E-state index in [2.05, 4.69) is 22.1 Å². The van der Waals surface area contributed by atoms with E-state index in [0.29, 0.717) is 18.7 Å². The fourth-order valence-corrected chi connectivity index (χ4v) is 3.34. The molecule has 170 valence electrons. The quantitative estimate of drug-likeness (QED) is 0.178. The number of amides is 2. The minimum atomic E-state index is -4.71. The van der Waals surface area contributed by atoms with Gasteiger partial charge in [0.25, 0.3) is 0 Å². The van der Waals surface area contributed by atoms with Crippen LogP contribution >= 0.6 is 19.6 Å². The summed E-state index contributed by atoms with van der Waals surface area (Å²) in [4.78, 5) is 52.7. The molecule has 10 nitrogen and oxygen atoms in total. The summed E-state index contributed by atoms with van der Waals surface area (Å²) in [6, 6.07) is 0. The van der Waals surface area contributed by atoms with E-state index in [0.717, 1.165) is 19.3 Å². The molecule has 0 saturated carbocycles. The molecule has 0 saturated heterocycles. The molecule has 29 heavy (non-hydrogen) atoms. The van der Waals surface area contributed by atoms with Crippen LogP contribution in [0.15, 0.2) is 0 Å². The topological polar surface area (TPSA) is 162 Å². The molecule has 0 bridgehead atoms. The second-order valence-electron chi connectivity index (χ2n) is 7.22. The highest BCUT2D eigenvalue weighted by Gasteiger charge is 2.35. The van der Waals surface area contributed by atoms with Crippen molar-refractivity contribution in [3.05, 3.63) is 0 Å². The van der Waals surface area contributed by atoms with Crippen LogP contribution < -0.4 is 10.6 Å². The molecule has 0 heterocycles. The van der Waals surface area contributed by atoms with Gasteiger partial charge in [-0.2, -0.15) is 0 Å². The number of nitrogens with one attached hydrogen (secondary N) is 2.